The molecule has 2 rings (SSSR count). The zero-order chi connectivity index (χ0) is 13.1. The van der Waals surface area contributed by atoms with E-state index in [1.165, 1.54) is 5.56 Å². The standard InChI is InChI=1S/C14H19N3O/c1-4-10-5-7-11(8-6-10)13-16-14(18-17-13)12(15)9(2)3/h5-9,12H,4,15H2,1-3H3/t12-/m1/s1. The molecule has 0 radical (unpaired) electrons. The maximum Gasteiger partial charge on any atom is 0.244 e. The van der Waals surface area contributed by atoms with Gasteiger partial charge in [-0.05, 0) is 17.9 Å². The first-order chi connectivity index (χ1) is 8.61. The molecule has 2 N–H and O–H groups in total. The molecule has 0 bridgehead atoms. The van der Waals surface area contributed by atoms with Crippen LogP contribution in [0.2, 0.25) is 0 Å². The summed E-state index contributed by atoms with van der Waals surface area (Å²) >= 11 is 0. The van der Waals surface area contributed by atoms with Crippen molar-refractivity contribution in [3.05, 3.63) is 35.7 Å². The van der Waals surface area contributed by atoms with Gasteiger partial charge in [-0.25, -0.2) is 0 Å². The van der Waals surface area contributed by atoms with Gasteiger partial charge in [0.1, 0.15) is 0 Å². The third-order valence-electron chi connectivity index (χ3n) is 3.07. The fraction of sp³-hybridized carbons (Fsp3) is 0.429. The zero-order valence-electron chi connectivity index (χ0n) is 11.1. The summed E-state index contributed by atoms with van der Waals surface area (Å²) < 4.78 is 5.21. The second kappa shape index (κ2) is 5.31. The highest BCUT2D eigenvalue weighted by molar-refractivity contribution is 5.54. The lowest BCUT2D eigenvalue weighted by atomic mass is 10.1. The molecule has 2 aromatic rings. The zero-order valence-corrected chi connectivity index (χ0v) is 11.1. The molecule has 0 spiro atoms. The van der Waals surface area contributed by atoms with E-state index in [0.717, 1.165) is 12.0 Å². The smallest absolute Gasteiger partial charge is 0.244 e. The number of aryl methyl sites for hydroxylation is 1. The molecular formula is C14H19N3O. The minimum absolute atomic E-state index is 0.207. The molecule has 1 aromatic heterocycles. The van der Waals surface area contributed by atoms with E-state index in [4.69, 9.17) is 10.3 Å². The van der Waals surface area contributed by atoms with Crippen LogP contribution in [-0.2, 0) is 6.42 Å². The number of nitrogens with zero attached hydrogens (tertiary/aromatic N) is 2. The normalized spacial score (nSPS) is 12.9. The van der Waals surface area contributed by atoms with Gasteiger partial charge in [0.2, 0.25) is 11.7 Å². The van der Waals surface area contributed by atoms with Crippen molar-refractivity contribution < 1.29 is 4.52 Å². The van der Waals surface area contributed by atoms with Crippen LogP contribution in [0.15, 0.2) is 28.8 Å². The van der Waals surface area contributed by atoms with Gasteiger partial charge >= 0.3 is 0 Å². The van der Waals surface area contributed by atoms with Gasteiger partial charge in [-0.15, -0.1) is 0 Å². The van der Waals surface area contributed by atoms with Crippen LogP contribution in [0.3, 0.4) is 0 Å². The van der Waals surface area contributed by atoms with E-state index < -0.39 is 0 Å². The molecule has 0 saturated heterocycles. The largest absolute Gasteiger partial charge is 0.337 e. The predicted molar refractivity (Wildman–Crippen MR) is 70.9 cm³/mol. The monoisotopic (exact) mass is 245 g/mol. The second-order valence-corrected chi connectivity index (χ2v) is 4.78. The summed E-state index contributed by atoms with van der Waals surface area (Å²) in [5.41, 5.74) is 8.23. The van der Waals surface area contributed by atoms with Crippen molar-refractivity contribution in [3.8, 4) is 11.4 Å². The third-order valence-corrected chi connectivity index (χ3v) is 3.07. The highest BCUT2D eigenvalue weighted by Crippen LogP contribution is 2.21. The van der Waals surface area contributed by atoms with E-state index in [-0.39, 0.29) is 12.0 Å². The molecule has 0 saturated carbocycles. The van der Waals surface area contributed by atoms with E-state index in [1.54, 1.807) is 0 Å². The van der Waals surface area contributed by atoms with Crippen LogP contribution >= 0.6 is 0 Å². The van der Waals surface area contributed by atoms with Crippen molar-refractivity contribution in [1.82, 2.24) is 10.1 Å². The van der Waals surface area contributed by atoms with Gasteiger partial charge in [0.05, 0.1) is 6.04 Å². The molecule has 1 atom stereocenters. The van der Waals surface area contributed by atoms with Gasteiger partial charge in [0, 0.05) is 5.56 Å². The van der Waals surface area contributed by atoms with Gasteiger partial charge in [-0.3, -0.25) is 0 Å². The number of nitrogens with two attached hydrogens (primary N) is 1. The number of rotatable bonds is 4. The number of aromatic nitrogens is 2. The van der Waals surface area contributed by atoms with Gasteiger partial charge in [-0.2, -0.15) is 4.98 Å². The Morgan fingerprint density at radius 3 is 2.44 bits per heavy atom. The minimum atomic E-state index is -0.207. The summed E-state index contributed by atoms with van der Waals surface area (Å²) in [5, 5.41) is 3.98. The van der Waals surface area contributed by atoms with Crippen LogP contribution in [-0.4, -0.2) is 10.1 Å². The van der Waals surface area contributed by atoms with Gasteiger partial charge in [-0.1, -0.05) is 50.2 Å². The Labute approximate surface area is 107 Å². The summed E-state index contributed by atoms with van der Waals surface area (Å²) in [4.78, 5) is 4.35. The Hall–Kier alpha value is -1.68. The van der Waals surface area contributed by atoms with Crippen LogP contribution in [0, 0.1) is 5.92 Å². The Morgan fingerprint density at radius 1 is 1.22 bits per heavy atom. The van der Waals surface area contributed by atoms with E-state index in [1.807, 2.05) is 26.0 Å². The van der Waals surface area contributed by atoms with Gasteiger partial charge in [0.25, 0.3) is 0 Å². The average molecular weight is 245 g/mol. The average Bonchev–Trinajstić information content (AvgIpc) is 2.87. The van der Waals surface area contributed by atoms with Crippen molar-refractivity contribution >= 4 is 0 Å². The Bertz CT molecular complexity index is 502. The molecule has 0 amide bonds. The maximum atomic E-state index is 5.98. The van der Waals surface area contributed by atoms with Gasteiger partial charge in [0.15, 0.2) is 0 Å². The topological polar surface area (TPSA) is 64.9 Å². The first kappa shape index (κ1) is 12.8. The molecule has 4 heteroatoms. The summed E-state index contributed by atoms with van der Waals surface area (Å²) in [6.45, 7) is 6.19. The lowest BCUT2D eigenvalue weighted by molar-refractivity contribution is 0.325. The molecule has 18 heavy (non-hydrogen) atoms. The van der Waals surface area contributed by atoms with Crippen molar-refractivity contribution in [2.45, 2.75) is 33.2 Å². The van der Waals surface area contributed by atoms with E-state index in [2.05, 4.69) is 29.2 Å². The number of hydrogen-bond donors (Lipinski definition) is 1. The summed E-state index contributed by atoms with van der Waals surface area (Å²) in [6, 6.07) is 7.96. The lowest BCUT2D eigenvalue weighted by Gasteiger charge is -2.09. The molecule has 1 heterocycles. The number of hydrogen-bond acceptors (Lipinski definition) is 4. The fourth-order valence-corrected chi connectivity index (χ4v) is 1.66. The van der Waals surface area contributed by atoms with Crippen molar-refractivity contribution in [2.24, 2.45) is 11.7 Å². The molecule has 4 nitrogen and oxygen atoms in total. The molecule has 0 aliphatic carbocycles. The Morgan fingerprint density at radius 2 is 1.89 bits per heavy atom. The van der Waals surface area contributed by atoms with Crippen LogP contribution in [0.4, 0.5) is 0 Å². The second-order valence-electron chi connectivity index (χ2n) is 4.78. The fourth-order valence-electron chi connectivity index (χ4n) is 1.66. The molecule has 0 fully saturated rings. The minimum Gasteiger partial charge on any atom is -0.337 e. The highest BCUT2D eigenvalue weighted by atomic mass is 16.5. The predicted octanol–water partition coefficient (Wildman–Crippen LogP) is 2.95. The van der Waals surface area contributed by atoms with E-state index >= 15 is 0 Å². The van der Waals surface area contributed by atoms with Crippen LogP contribution < -0.4 is 5.73 Å². The molecule has 96 valence electrons. The lowest BCUT2D eigenvalue weighted by Crippen LogP contribution is -2.16. The van der Waals surface area contributed by atoms with Crippen molar-refractivity contribution in [1.29, 1.82) is 0 Å². The first-order valence-corrected chi connectivity index (χ1v) is 6.30. The molecule has 0 unspecified atom stereocenters. The number of benzene rings is 1. The van der Waals surface area contributed by atoms with Crippen molar-refractivity contribution in [3.63, 3.8) is 0 Å². The summed E-state index contributed by atoms with van der Waals surface area (Å²) in [5.74, 6) is 1.38. The van der Waals surface area contributed by atoms with Gasteiger partial charge < -0.3 is 10.3 Å². The summed E-state index contributed by atoms with van der Waals surface area (Å²) in [6.07, 6.45) is 1.02. The van der Waals surface area contributed by atoms with E-state index in [0.29, 0.717) is 11.7 Å². The highest BCUT2D eigenvalue weighted by Gasteiger charge is 2.18. The SMILES string of the molecule is CCc1ccc(-c2noc([C@H](N)C(C)C)n2)cc1. The Balaban J connectivity index is 2.23. The molecule has 1 aromatic carbocycles. The van der Waals surface area contributed by atoms with Crippen LogP contribution in [0.1, 0.15) is 38.3 Å². The Kier molecular flexibility index (Phi) is 3.77. The molecule has 0 aliphatic rings. The third kappa shape index (κ3) is 2.59. The molecule has 0 aliphatic heterocycles. The van der Waals surface area contributed by atoms with Crippen LogP contribution in [0.5, 0.6) is 0 Å². The maximum absolute atomic E-state index is 5.98. The summed E-state index contributed by atoms with van der Waals surface area (Å²) in [7, 11) is 0. The molecular weight excluding hydrogens is 226 g/mol. The quantitative estimate of drug-likeness (QED) is 0.899. The van der Waals surface area contributed by atoms with Crippen LogP contribution in [0.25, 0.3) is 11.4 Å². The van der Waals surface area contributed by atoms with Crippen molar-refractivity contribution in [2.75, 3.05) is 0 Å². The first-order valence-electron chi connectivity index (χ1n) is 6.30. The van der Waals surface area contributed by atoms with E-state index in [9.17, 15) is 0 Å².